The lowest BCUT2D eigenvalue weighted by Crippen LogP contribution is -2.27. The molecule has 88 valence electrons. The van der Waals surface area contributed by atoms with Crippen molar-refractivity contribution in [2.75, 3.05) is 6.54 Å². The van der Waals surface area contributed by atoms with Crippen molar-refractivity contribution in [1.29, 1.82) is 0 Å². The normalized spacial score (nSPS) is 26.9. The van der Waals surface area contributed by atoms with E-state index >= 15 is 0 Å². The van der Waals surface area contributed by atoms with Gasteiger partial charge in [-0.25, -0.2) is 8.78 Å². The van der Waals surface area contributed by atoms with Crippen LogP contribution in [0.4, 0.5) is 8.78 Å². The van der Waals surface area contributed by atoms with Crippen LogP contribution < -0.4 is 5.73 Å². The molecule has 16 heavy (non-hydrogen) atoms. The lowest BCUT2D eigenvalue weighted by molar-refractivity contribution is 0.449. The second kappa shape index (κ2) is 3.41. The van der Waals surface area contributed by atoms with Gasteiger partial charge < -0.3 is 5.73 Å². The third-order valence-electron chi connectivity index (χ3n) is 3.79. The Bertz CT molecular complexity index is 445. The standard InChI is InChI=1S/C12H14ClF2N/c1-11(2)5-12(11,6-16)9-8(14)4-3-7(13)10(9)15/h3-4H,5-6,16H2,1-2H3. The minimum Gasteiger partial charge on any atom is -0.330 e. The number of benzene rings is 1. The van der Waals surface area contributed by atoms with Gasteiger partial charge in [-0.05, 0) is 24.0 Å². The third-order valence-corrected chi connectivity index (χ3v) is 4.08. The van der Waals surface area contributed by atoms with E-state index in [0.717, 1.165) is 0 Å². The Hall–Kier alpha value is -0.670. The smallest absolute Gasteiger partial charge is 0.148 e. The van der Waals surface area contributed by atoms with Crippen molar-refractivity contribution in [2.45, 2.75) is 25.7 Å². The largest absolute Gasteiger partial charge is 0.330 e. The van der Waals surface area contributed by atoms with E-state index in [1.165, 1.54) is 12.1 Å². The summed E-state index contributed by atoms with van der Waals surface area (Å²) >= 11 is 5.69. The molecule has 0 radical (unpaired) electrons. The maximum atomic E-state index is 13.9. The van der Waals surface area contributed by atoms with E-state index in [0.29, 0.717) is 6.42 Å². The molecule has 1 unspecified atom stereocenters. The Morgan fingerprint density at radius 1 is 1.38 bits per heavy atom. The molecule has 1 aliphatic rings. The molecule has 2 N–H and O–H groups in total. The van der Waals surface area contributed by atoms with Gasteiger partial charge >= 0.3 is 0 Å². The van der Waals surface area contributed by atoms with Crippen LogP contribution in [0.25, 0.3) is 0 Å². The van der Waals surface area contributed by atoms with Gasteiger partial charge in [-0.1, -0.05) is 25.4 Å². The van der Waals surface area contributed by atoms with Gasteiger partial charge in [0.25, 0.3) is 0 Å². The van der Waals surface area contributed by atoms with Crippen LogP contribution in [0.1, 0.15) is 25.8 Å². The maximum Gasteiger partial charge on any atom is 0.148 e. The van der Waals surface area contributed by atoms with Crippen LogP contribution in [0.2, 0.25) is 5.02 Å². The predicted octanol–water partition coefficient (Wildman–Crippen LogP) is 3.24. The van der Waals surface area contributed by atoms with Crippen molar-refractivity contribution in [1.82, 2.24) is 0 Å². The first kappa shape index (κ1) is 11.8. The second-order valence-corrected chi connectivity index (χ2v) is 5.47. The van der Waals surface area contributed by atoms with Gasteiger partial charge in [-0.3, -0.25) is 0 Å². The maximum absolute atomic E-state index is 13.9. The van der Waals surface area contributed by atoms with Crippen LogP contribution in [0.3, 0.4) is 0 Å². The molecular weight excluding hydrogens is 232 g/mol. The lowest BCUT2D eigenvalue weighted by Gasteiger charge is -2.20. The van der Waals surface area contributed by atoms with Gasteiger partial charge in [0.1, 0.15) is 11.6 Å². The van der Waals surface area contributed by atoms with E-state index in [9.17, 15) is 8.78 Å². The first-order chi connectivity index (χ1) is 7.35. The molecule has 0 amide bonds. The highest BCUT2D eigenvalue weighted by Crippen LogP contribution is 2.64. The molecule has 2 rings (SSSR count). The van der Waals surface area contributed by atoms with Crippen molar-refractivity contribution < 1.29 is 8.78 Å². The zero-order valence-electron chi connectivity index (χ0n) is 9.28. The molecule has 1 fully saturated rings. The summed E-state index contributed by atoms with van der Waals surface area (Å²) in [6, 6.07) is 2.43. The Morgan fingerprint density at radius 3 is 2.38 bits per heavy atom. The van der Waals surface area contributed by atoms with Crippen molar-refractivity contribution in [3.63, 3.8) is 0 Å². The van der Waals surface area contributed by atoms with Gasteiger partial charge in [-0.15, -0.1) is 0 Å². The lowest BCUT2D eigenvalue weighted by atomic mass is 9.87. The summed E-state index contributed by atoms with van der Waals surface area (Å²) in [6.45, 7) is 4.15. The molecule has 1 nitrogen and oxygen atoms in total. The SMILES string of the molecule is CC1(C)CC1(CN)c1c(F)ccc(Cl)c1F. The van der Waals surface area contributed by atoms with E-state index in [4.69, 9.17) is 17.3 Å². The third kappa shape index (κ3) is 1.38. The molecule has 1 aromatic rings. The molecule has 0 heterocycles. The Kier molecular flexibility index (Phi) is 2.52. The van der Waals surface area contributed by atoms with Crippen LogP contribution in [0.15, 0.2) is 12.1 Å². The van der Waals surface area contributed by atoms with Gasteiger partial charge in [-0.2, -0.15) is 0 Å². The second-order valence-electron chi connectivity index (χ2n) is 5.07. The fourth-order valence-corrected chi connectivity index (χ4v) is 2.71. The highest BCUT2D eigenvalue weighted by atomic mass is 35.5. The molecule has 0 aromatic heterocycles. The molecule has 1 aromatic carbocycles. The quantitative estimate of drug-likeness (QED) is 0.796. The van der Waals surface area contributed by atoms with E-state index in [2.05, 4.69) is 0 Å². The fourth-order valence-electron chi connectivity index (χ4n) is 2.55. The summed E-state index contributed by atoms with van der Waals surface area (Å²) in [7, 11) is 0. The molecule has 1 saturated carbocycles. The van der Waals surface area contributed by atoms with Gasteiger partial charge in [0.15, 0.2) is 0 Å². The molecule has 1 atom stereocenters. The molecule has 1 aliphatic carbocycles. The summed E-state index contributed by atoms with van der Waals surface area (Å²) in [5.41, 5.74) is 4.96. The summed E-state index contributed by atoms with van der Waals surface area (Å²) in [5.74, 6) is -1.23. The predicted molar refractivity (Wildman–Crippen MR) is 60.5 cm³/mol. The Labute approximate surface area is 98.6 Å². The van der Waals surface area contributed by atoms with Gasteiger partial charge in [0, 0.05) is 17.5 Å². The van der Waals surface area contributed by atoms with Crippen LogP contribution in [0.5, 0.6) is 0 Å². The average Bonchev–Trinajstić information content (AvgIpc) is 2.77. The summed E-state index contributed by atoms with van der Waals surface area (Å²) in [4.78, 5) is 0. The molecule has 0 bridgehead atoms. The highest BCUT2D eigenvalue weighted by molar-refractivity contribution is 6.30. The van der Waals surface area contributed by atoms with Crippen molar-refractivity contribution in [3.8, 4) is 0 Å². The van der Waals surface area contributed by atoms with Crippen molar-refractivity contribution >= 4 is 11.6 Å². The topological polar surface area (TPSA) is 26.0 Å². The van der Waals surface area contributed by atoms with Crippen molar-refractivity contribution in [2.24, 2.45) is 11.1 Å². The van der Waals surface area contributed by atoms with Gasteiger partial charge in [0.2, 0.25) is 0 Å². The molecule has 0 aliphatic heterocycles. The van der Waals surface area contributed by atoms with E-state index in [-0.39, 0.29) is 22.5 Å². The minimum atomic E-state index is -0.669. The van der Waals surface area contributed by atoms with E-state index < -0.39 is 17.0 Å². The van der Waals surface area contributed by atoms with Gasteiger partial charge in [0.05, 0.1) is 5.02 Å². The van der Waals surface area contributed by atoms with E-state index in [1.54, 1.807) is 0 Å². The van der Waals surface area contributed by atoms with Crippen LogP contribution in [-0.2, 0) is 5.41 Å². The van der Waals surface area contributed by atoms with Crippen LogP contribution >= 0.6 is 11.6 Å². The Morgan fingerprint density at radius 2 is 1.94 bits per heavy atom. The number of rotatable bonds is 2. The van der Waals surface area contributed by atoms with Crippen LogP contribution in [-0.4, -0.2) is 6.54 Å². The number of nitrogens with two attached hydrogens (primary N) is 1. The number of hydrogen-bond donors (Lipinski definition) is 1. The number of halogens is 3. The zero-order valence-corrected chi connectivity index (χ0v) is 10.0. The zero-order chi connectivity index (χ0) is 12.1. The minimum absolute atomic E-state index is 0.0486. The highest BCUT2D eigenvalue weighted by Gasteiger charge is 2.63. The molecule has 0 spiro atoms. The first-order valence-electron chi connectivity index (χ1n) is 5.20. The monoisotopic (exact) mass is 245 g/mol. The average molecular weight is 246 g/mol. The summed E-state index contributed by atoms with van der Waals surface area (Å²) < 4.78 is 27.6. The van der Waals surface area contributed by atoms with E-state index in [1.807, 2.05) is 13.8 Å². The fraction of sp³-hybridized carbons (Fsp3) is 0.500. The van der Waals surface area contributed by atoms with Crippen LogP contribution in [0, 0.1) is 17.0 Å². The Balaban J connectivity index is 2.61. The number of hydrogen-bond acceptors (Lipinski definition) is 1. The molecule has 0 saturated heterocycles. The summed E-state index contributed by atoms with van der Waals surface area (Å²) in [6.07, 6.45) is 0.685. The summed E-state index contributed by atoms with van der Waals surface area (Å²) in [5, 5.41) is -0.0491. The first-order valence-corrected chi connectivity index (χ1v) is 5.57. The molecule has 4 heteroatoms. The molecular formula is C12H14ClF2N. The van der Waals surface area contributed by atoms with Crippen molar-refractivity contribution in [3.05, 3.63) is 34.4 Å².